The molecule has 21 heavy (non-hydrogen) atoms. The summed E-state index contributed by atoms with van der Waals surface area (Å²) in [5.41, 5.74) is 0. The molecule has 1 aromatic heterocycles. The Kier molecular flexibility index (Phi) is 7.75. The highest BCUT2D eigenvalue weighted by Gasteiger charge is 2.22. The zero-order valence-corrected chi connectivity index (χ0v) is 14.9. The first kappa shape index (κ1) is 18.5. The Hall–Kier alpha value is -0.540. The number of nitrogens with zero attached hydrogens (tertiary/aromatic N) is 2. The van der Waals surface area contributed by atoms with Crippen LogP contribution in [-0.2, 0) is 16.6 Å². The lowest BCUT2D eigenvalue weighted by Crippen LogP contribution is -2.40. The van der Waals surface area contributed by atoms with Gasteiger partial charge in [-0.15, -0.1) is 11.3 Å². The van der Waals surface area contributed by atoms with E-state index in [1.54, 1.807) is 18.4 Å². The van der Waals surface area contributed by atoms with Crippen LogP contribution < -0.4 is 10.0 Å². The van der Waals surface area contributed by atoms with Crippen molar-refractivity contribution in [3.63, 3.8) is 0 Å². The number of aromatic nitrogens is 1. The molecular weight excluding hydrogens is 308 g/mol. The van der Waals surface area contributed by atoms with Gasteiger partial charge in [0.25, 0.3) is 10.2 Å². The maximum Gasteiger partial charge on any atom is 0.279 e. The summed E-state index contributed by atoms with van der Waals surface area (Å²) in [6, 6.07) is -0.309. The number of aryl methyl sites for hydroxylation is 1. The number of rotatable bonds is 10. The van der Waals surface area contributed by atoms with Crippen LogP contribution in [-0.4, -0.2) is 44.4 Å². The van der Waals surface area contributed by atoms with Gasteiger partial charge in [-0.1, -0.05) is 13.8 Å². The first-order valence-electron chi connectivity index (χ1n) is 7.29. The van der Waals surface area contributed by atoms with E-state index in [9.17, 15) is 8.42 Å². The largest absolute Gasteiger partial charge is 0.317 e. The Balaban J connectivity index is 2.53. The standard InChI is InChI=1S/C13H26N4O2S2/c1-5-12-10-15-13(20-12)11(3)16-21(18,19)17(4)9-7-8-14-6-2/h10-11,14,16H,5-9H2,1-4H3. The number of thiazole rings is 1. The number of nitrogens with one attached hydrogen (secondary N) is 2. The fourth-order valence-corrected chi connectivity index (χ4v) is 3.82. The smallest absolute Gasteiger partial charge is 0.279 e. The SMILES string of the molecule is CCNCCCN(C)S(=O)(=O)NC(C)c1ncc(CC)s1. The summed E-state index contributed by atoms with van der Waals surface area (Å²) in [5, 5.41) is 3.98. The van der Waals surface area contributed by atoms with E-state index >= 15 is 0 Å². The van der Waals surface area contributed by atoms with Crippen molar-refractivity contribution in [2.75, 3.05) is 26.7 Å². The van der Waals surface area contributed by atoms with E-state index in [0.29, 0.717) is 6.54 Å². The molecule has 1 atom stereocenters. The first-order valence-corrected chi connectivity index (χ1v) is 9.55. The number of hydrogen-bond donors (Lipinski definition) is 2. The van der Waals surface area contributed by atoms with Crippen molar-refractivity contribution in [1.29, 1.82) is 0 Å². The van der Waals surface area contributed by atoms with Crippen LogP contribution >= 0.6 is 11.3 Å². The minimum absolute atomic E-state index is 0.309. The number of hydrogen-bond acceptors (Lipinski definition) is 5. The zero-order valence-electron chi connectivity index (χ0n) is 13.2. The van der Waals surface area contributed by atoms with Crippen molar-refractivity contribution in [3.8, 4) is 0 Å². The molecule has 0 bridgehead atoms. The van der Waals surface area contributed by atoms with Crippen molar-refractivity contribution in [1.82, 2.24) is 19.3 Å². The quantitative estimate of drug-likeness (QED) is 0.637. The van der Waals surface area contributed by atoms with E-state index in [1.807, 2.05) is 20.0 Å². The highest BCUT2D eigenvalue weighted by atomic mass is 32.2. The molecule has 0 aliphatic heterocycles. The molecule has 0 spiro atoms. The second-order valence-electron chi connectivity index (χ2n) is 4.89. The molecule has 1 heterocycles. The third-order valence-corrected chi connectivity index (χ3v) is 6.08. The van der Waals surface area contributed by atoms with Crippen LogP contribution in [0.15, 0.2) is 6.20 Å². The van der Waals surface area contributed by atoms with Gasteiger partial charge in [0, 0.05) is 24.7 Å². The summed E-state index contributed by atoms with van der Waals surface area (Å²) in [6.45, 7) is 8.12. The van der Waals surface area contributed by atoms with Gasteiger partial charge >= 0.3 is 0 Å². The molecule has 0 aliphatic carbocycles. The first-order chi connectivity index (χ1) is 9.90. The summed E-state index contributed by atoms with van der Waals surface area (Å²) < 4.78 is 28.5. The average Bonchev–Trinajstić information content (AvgIpc) is 2.92. The Morgan fingerprint density at radius 2 is 2.14 bits per heavy atom. The van der Waals surface area contributed by atoms with Crippen LogP contribution in [0, 0.1) is 0 Å². The Morgan fingerprint density at radius 3 is 2.71 bits per heavy atom. The second-order valence-corrected chi connectivity index (χ2v) is 7.85. The van der Waals surface area contributed by atoms with E-state index in [4.69, 9.17) is 0 Å². The van der Waals surface area contributed by atoms with E-state index < -0.39 is 10.2 Å². The molecule has 0 aromatic carbocycles. The summed E-state index contributed by atoms with van der Waals surface area (Å²) in [6.07, 6.45) is 3.52. The Morgan fingerprint density at radius 1 is 1.43 bits per heavy atom. The van der Waals surface area contributed by atoms with Crippen molar-refractivity contribution in [2.45, 2.75) is 39.7 Å². The molecule has 1 rings (SSSR count). The molecular formula is C13H26N4O2S2. The third-order valence-electron chi connectivity index (χ3n) is 3.10. The summed E-state index contributed by atoms with van der Waals surface area (Å²) >= 11 is 1.55. The van der Waals surface area contributed by atoms with Crippen molar-refractivity contribution in [3.05, 3.63) is 16.1 Å². The molecule has 0 radical (unpaired) electrons. The summed E-state index contributed by atoms with van der Waals surface area (Å²) in [5.74, 6) is 0. The molecule has 2 N–H and O–H groups in total. The minimum atomic E-state index is -3.47. The molecule has 0 aliphatic rings. The maximum absolute atomic E-state index is 12.2. The van der Waals surface area contributed by atoms with E-state index in [-0.39, 0.29) is 6.04 Å². The van der Waals surface area contributed by atoms with E-state index in [2.05, 4.69) is 21.9 Å². The summed E-state index contributed by atoms with van der Waals surface area (Å²) in [4.78, 5) is 5.44. The Bertz CT molecular complexity index is 516. The Labute approximate surface area is 132 Å². The van der Waals surface area contributed by atoms with Crippen LogP contribution in [0.1, 0.15) is 43.1 Å². The lowest BCUT2D eigenvalue weighted by molar-refractivity contribution is 0.439. The van der Waals surface area contributed by atoms with Crippen molar-refractivity contribution >= 4 is 21.5 Å². The fourth-order valence-electron chi connectivity index (χ4n) is 1.77. The molecule has 8 heteroatoms. The monoisotopic (exact) mass is 334 g/mol. The third kappa shape index (κ3) is 5.99. The molecule has 0 fully saturated rings. The molecule has 1 aromatic rings. The van der Waals surface area contributed by atoms with Gasteiger partial charge < -0.3 is 5.32 Å². The predicted molar refractivity (Wildman–Crippen MR) is 87.8 cm³/mol. The van der Waals surface area contributed by atoms with Crippen LogP contribution in [0.3, 0.4) is 0 Å². The van der Waals surface area contributed by atoms with Gasteiger partial charge in [-0.3, -0.25) is 0 Å². The van der Waals surface area contributed by atoms with Crippen LogP contribution in [0.5, 0.6) is 0 Å². The van der Waals surface area contributed by atoms with Crippen molar-refractivity contribution < 1.29 is 8.42 Å². The fraction of sp³-hybridized carbons (Fsp3) is 0.769. The molecule has 0 saturated carbocycles. The summed E-state index contributed by atoms with van der Waals surface area (Å²) in [7, 11) is -1.87. The topological polar surface area (TPSA) is 74.3 Å². The molecule has 1 unspecified atom stereocenters. The van der Waals surface area contributed by atoms with Crippen LogP contribution in [0.2, 0.25) is 0 Å². The van der Waals surface area contributed by atoms with Crippen LogP contribution in [0.4, 0.5) is 0 Å². The minimum Gasteiger partial charge on any atom is -0.317 e. The molecule has 122 valence electrons. The highest BCUT2D eigenvalue weighted by Crippen LogP contribution is 2.21. The van der Waals surface area contributed by atoms with Gasteiger partial charge in [0.1, 0.15) is 5.01 Å². The van der Waals surface area contributed by atoms with Gasteiger partial charge in [0.2, 0.25) is 0 Å². The van der Waals surface area contributed by atoms with E-state index in [0.717, 1.165) is 35.8 Å². The average molecular weight is 335 g/mol. The zero-order chi connectivity index (χ0) is 15.9. The predicted octanol–water partition coefficient (Wildman–Crippen LogP) is 1.53. The molecule has 0 amide bonds. The van der Waals surface area contributed by atoms with Gasteiger partial charge in [0.05, 0.1) is 6.04 Å². The van der Waals surface area contributed by atoms with Gasteiger partial charge in [-0.05, 0) is 32.9 Å². The lowest BCUT2D eigenvalue weighted by Gasteiger charge is -2.20. The van der Waals surface area contributed by atoms with Gasteiger partial charge in [-0.25, -0.2) is 4.98 Å². The van der Waals surface area contributed by atoms with Crippen LogP contribution in [0.25, 0.3) is 0 Å². The normalized spacial score (nSPS) is 13.8. The lowest BCUT2D eigenvalue weighted by atomic mass is 10.4. The molecule has 6 nitrogen and oxygen atoms in total. The molecule has 0 saturated heterocycles. The van der Waals surface area contributed by atoms with Crippen molar-refractivity contribution in [2.24, 2.45) is 0 Å². The van der Waals surface area contributed by atoms with E-state index in [1.165, 1.54) is 4.31 Å². The second kappa shape index (κ2) is 8.79. The highest BCUT2D eigenvalue weighted by molar-refractivity contribution is 7.87. The van der Waals surface area contributed by atoms with Gasteiger partial charge in [0.15, 0.2) is 0 Å². The van der Waals surface area contributed by atoms with Gasteiger partial charge in [-0.2, -0.15) is 17.4 Å². The maximum atomic E-state index is 12.2.